The topological polar surface area (TPSA) is 58.3 Å². The van der Waals surface area contributed by atoms with E-state index in [0.29, 0.717) is 5.92 Å². The van der Waals surface area contributed by atoms with Crippen molar-refractivity contribution in [2.45, 2.75) is 65.1 Å². The van der Waals surface area contributed by atoms with Crippen LogP contribution < -0.4 is 5.32 Å². The Morgan fingerprint density at radius 1 is 1.30 bits per heavy atom. The molecule has 8 heteroatoms. The van der Waals surface area contributed by atoms with Crippen molar-refractivity contribution in [1.82, 2.24) is 25.0 Å². The van der Waals surface area contributed by atoms with E-state index in [1.54, 1.807) is 11.8 Å². The Balaban J connectivity index is 0.00000364. The zero-order chi connectivity index (χ0) is 18.9. The van der Waals surface area contributed by atoms with Crippen LogP contribution in [0.25, 0.3) is 0 Å². The van der Waals surface area contributed by atoms with Crippen LogP contribution in [0.2, 0.25) is 0 Å². The van der Waals surface area contributed by atoms with Gasteiger partial charge in [-0.05, 0) is 44.3 Å². The van der Waals surface area contributed by atoms with Crippen molar-refractivity contribution in [2.75, 3.05) is 32.4 Å². The van der Waals surface area contributed by atoms with Gasteiger partial charge in [-0.1, -0.05) is 32.5 Å². The van der Waals surface area contributed by atoms with Gasteiger partial charge >= 0.3 is 0 Å². The van der Waals surface area contributed by atoms with Gasteiger partial charge in [-0.2, -0.15) is 0 Å². The molecule has 0 radical (unpaired) electrons. The number of guanidine groups is 1. The van der Waals surface area contributed by atoms with Gasteiger partial charge in [0.05, 0.1) is 0 Å². The Morgan fingerprint density at radius 3 is 2.59 bits per heavy atom. The largest absolute Gasteiger partial charge is 0.357 e. The summed E-state index contributed by atoms with van der Waals surface area (Å²) in [6, 6.07) is 0. The third kappa shape index (κ3) is 7.79. The summed E-state index contributed by atoms with van der Waals surface area (Å²) in [6.07, 6.45) is 6.53. The summed E-state index contributed by atoms with van der Waals surface area (Å²) < 4.78 is 2.27. The quantitative estimate of drug-likeness (QED) is 0.190. The smallest absolute Gasteiger partial charge is 0.193 e. The molecule has 156 valence electrons. The number of aromatic nitrogens is 3. The second kappa shape index (κ2) is 12.9. The Morgan fingerprint density at radius 2 is 2.00 bits per heavy atom. The first-order valence-electron chi connectivity index (χ1n) is 10.0. The average molecular weight is 509 g/mol. The third-order valence-electron chi connectivity index (χ3n) is 4.76. The fraction of sp³-hybridized carbons (Fsp3) is 0.842. The summed E-state index contributed by atoms with van der Waals surface area (Å²) in [5, 5.41) is 13.2. The van der Waals surface area contributed by atoms with Crippen LogP contribution in [0, 0.1) is 11.8 Å². The lowest BCUT2D eigenvalue weighted by Crippen LogP contribution is -2.45. The van der Waals surface area contributed by atoms with E-state index in [4.69, 9.17) is 4.99 Å². The number of hydrogen-bond acceptors (Lipinski definition) is 4. The maximum atomic E-state index is 4.86. The van der Waals surface area contributed by atoms with E-state index in [9.17, 15) is 0 Å². The number of thioether (sulfide) groups is 1. The van der Waals surface area contributed by atoms with Crippen LogP contribution in [0.4, 0.5) is 0 Å². The highest BCUT2D eigenvalue weighted by atomic mass is 127. The van der Waals surface area contributed by atoms with Crippen molar-refractivity contribution in [3.8, 4) is 0 Å². The molecule has 1 N–H and O–H groups in total. The summed E-state index contributed by atoms with van der Waals surface area (Å²) in [4.78, 5) is 7.28. The molecule has 27 heavy (non-hydrogen) atoms. The van der Waals surface area contributed by atoms with Gasteiger partial charge in [0.1, 0.15) is 5.82 Å². The first-order chi connectivity index (χ1) is 12.5. The lowest BCUT2D eigenvalue weighted by Gasteiger charge is -2.33. The predicted molar refractivity (Wildman–Crippen MR) is 126 cm³/mol. The number of rotatable bonds is 8. The van der Waals surface area contributed by atoms with Crippen molar-refractivity contribution in [3.63, 3.8) is 0 Å². The average Bonchev–Trinajstić information content (AvgIpc) is 2.99. The van der Waals surface area contributed by atoms with Gasteiger partial charge < -0.3 is 14.8 Å². The first kappa shape index (κ1) is 24.5. The van der Waals surface area contributed by atoms with Crippen LogP contribution in [-0.4, -0.2) is 58.1 Å². The highest BCUT2D eigenvalue weighted by molar-refractivity contribution is 14.0. The molecule has 1 aliphatic rings. The monoisotopic (exact) mass is 508 g/mol. The maximum absolute atomic E-state index is 4.86. The summed E-state index contributed by atoms with van der Waals surface area (Å²) in [5.41, 5.74) is 0. The lowest BCUT2D eigenvalue weighted by molar-refractivity contribution is 0.273. The maximum Gasteiger partial charge on any atom is 0.193 e. The van der Waals surface area contributed by atoms with Crippen molar-refractivity contribution in [3.05, 3.63) is 5.82 Å². The molecule has 1 aromatic rings. The van der Waals surface area contributed by atoms with Crippen LogP contribution in [0.5, 0.6) is 0 Å². The van der Waals surface area contributed by atoms with Gasteiger partial charge in [0.2, 0.25) is 0 Å². The predicted octanol–water partition coefficient (Wildman–Crippen LogP) is 3.90. The van der Waals surface area contributed by atoms with Crippen molar-refractivity contribution in [2.24, 2.45) is 16.8 Å². The van der Waals surface area contributed by atoms with Crippen LogP contribution in [-0.2, 0) is 13.0 Å². The van der Waals surface area contributed by atoms with Gasteiger partial charge in [0, 0.05) is 39.1 Å². The molecule has 6 nitrogen and oxygen atoms in total. The van der Waals surface area contributed by atoms with E-state index in [1.165, 1.54) is 12.8 Å². The molecule has 1 fully saturated rings. The van der Waals surface area contributed by atoms with E-state index in [1.807, 2.05) is 0 Å². The number of hydrogen-bond donors (Lipinski definition) is 1. The molecule has 0 amide bonds. The van der Waals surface area contributed by atoms with Gasteiger partial charge in [-0.15, -0.1) is 34.2 Å². The van der Waals surface area contributed by atoms with Crippen molar-refractivity contribution < 1.29 is 0 Å². The molecule has 2 rings (SSSR count). The molecule has 0 atom stereocenters. The first-order valence-corrected chi connectivity index (χ1v) is 11.3. The van der Waals surface area contributed by atoms with E-state index < -0.39 is 0 Å². The molecule has 1 saturated heterocycles. The molecule has 1 aromatic heterocycles. The second-order valence-electron chi connectivity index (χ2n) is 7.62. The Kier molecular flexibility index (Phi) is 11.7. The number of aryl methyl sites for hydroxylation is 1. The lowest BCUT2D eigenvalue weighted by atomic mass is 10.00. The highest BCUT2D eigenvalue weighted by Gasteiger charge is 2.18. The molecule has 2 heterocycles. The van der Waals surface area contributed by atoms with E-state index in [0.717, 1.165) is 68.4 Å². The van der Waals surface area contributed by atoms with E-state index in [-0.39, 0.29) is 24.0 Å². The minimum absolute atomic E-state index is 0. The number of nitrogens with one attached hydrogen (secondary N) is 1. The summed E-state index contributed by atoms with van der Waals surface area (Å²) in [6.45, 7) is 13.9. The fourth-order valence-corrected chi connectivity index (χ4v) is 3.79. The fourth-order valence-electron chi connectivity index (χ4n) is 3.27. The zero-order valence-electron chi connectivity index (χ0n) is 17.6. The molecule has 0 spiro atoms. The summed E-state index contributed by atoms with van der Waals surface area (Å²) in [7, 11) is 0. The Labute approximate surface area is 186 Å². The summed E-state index contributed by atoms with van der Waals surface area (Å²) in [5.74, 6) is 3.60. The van der Waals surface area contributed by atoms with Crippen LogP contribution in [0.1, 0.15) is 52.8 Å². The van der Waals surface area contributed by atoms with Gasteiger partial charge in [0.15, 0.2) is 11.1 Å². The van der Waals surface area contributed by atoms with Gasteiger partial charge in [0.25, 0.3) is 0 Å². The highest BCUT2D eigenvalue weighted by Crippen LogP contribution is 2.17. The molecule has 0 saturated carbocycles. The van der Waals surface area contributed by atoms with Gasteiger partial charge in [-0.25, -0.2) is 0 Å². The zero-order valence-corrected chi connectivity index (χ0v) is 20.7. The number of nitrogens with zero attached hydrogens (tertiary/aromatic N) is 5. The summed E-state index contributed by atoms with van der Waals surface area (Å²) >= 11 is 1.67. The van der Waals surface area contributed by atoms with Crippen LogP contribution in [0.15, 0.2) is 10.1 Å². The standard InChI is InChI=1S/C19H36N6S.HI/c1-6-20-18(24-12-9-16(4)10-13-24)21-11-7-8-17-22-23-19(26-5)25(17)14-15(2)3;/h15-16H,6-14H2,1-5H3,(H,20,21);1H. The molecule has 0 aromatic carbocycles. The number of likely N-dealkylation sites (tertiary alicyclic amines) is 1. The number of halogens is 1. The molecular formula is C19H37IN6S. The van der Waals surface area contributed by atoms with E-state index >= 15 is 0 Å². The van der Waals surface area contributed by atoms with Gasteiger partial charge in [-0.3, -0.25) is 4.99 Å². The van der Waals surface area contributed by atoms with Crippen molar-refractivity contribution >= 4 is 41.7 Å². The normalized spacial score (nSPS) is 15.9. The molecular weight excluding hydrogens is 471 g/mol. The molecule has 0 unspecified atom stereocenters. The molecule has 1 aliphatic heterocycles. The SMILES string of the molecule is CCNC(=NCCCc1nnc(SC)n1CC(C)C)N1CCC(C)CC1.I. The van der Waals surface area contributed by atoms with E-state index in [2.05, 4.69) is 58.9 Å². The second-order valence-corrected chi connectivity index (χ2v) is 8.39. The number of aliphatic imine (C=N–C) groups is 1. The van der Waals surface area contributed by atoms with Crippen LogP contribution >= 0.6 is 35.7 Å². The van der Waals surface area contributed by atoms with Crippen molar-refractivity contribution in [1.29, 1.82) is 0 Å². The minimum Gasteiger partial charge on any atom is -0.357 e. The minimum atomic E-state index is 0. The third-order valence-corrected chi connectivity index (χ3v) is 5.43. The number of piperidine rings is 1. The molecule has 0 aliphatic carbocycles. The molecule has 0 bridgehead atoms. The Hall–Kier alpha value is -0.510. The Bertz CT molecular complexity index is 567. The van der Waals surface area contributed by atoms with Crippen LogP contribution in [0.3, 0.4) is 0 Å².